The van der Waals surface area contributed by atoms with Crippen molar-refractivity contribution < 1.29 is 19.5 Å². The van der Waals surface area contributed by atoms with Gasteiger partial charge in [-0.3, -0.25) is 19.1 Å². The van der Waals surface area contributed by atoms with Crippen LogP contribution in [-0.2, 0) is 16.1 Å². The summed E-state index contributed by atoms with van der Waals surface area (Å²) in [6.07, 6.45) is 2.65. The lowest BCUT2D eigenvalue weighted by molar-refractivity contribution is -0.137. The van der Waals surface area contributed by atoms with E-state index in [0.717, 1.165) is 12.8 Å². The first kappa shape index (κ1) is 15.0. The van der Waals surface area contributed by atoms with Crippen LogP contribution < -0.4 is 11.1 Å². The number of nitrogens with zero attached hydrogens (tertiary/aromatic N) is 2. The first-order chi connectivity index (χ1) is 10.9. The Kier molecular flexibility index (Phi) is 3.73. The summed E-state index contributed by atoms with van der Waals surface area (Å²) in [7, 11) is 0. The van der Waals surface area contributed by atoms with Crippen LogP contribution in [0.15, 0.2) is 18.2 Å². The van der Waals surface area contributed by atoms with Crippen molar-refractivity contribution in [2.24, 2.45) is 11.7 Å². The summed E-state index contributed by atoms with van der Waals surface area (Å²) in [5, 5.41) is 16.1. The third-order valence-corrected chi connectivity index (χ3v) is 3.72. The Morgan fingerprint density at radius 3 is 2.70 bits per heavy atom. The zero-order chi connectivity index (χ0) is 16.6. The van der Waals surface area contributed by atoms with E-state index in [1.807, 2.05) is 0 Å². The number of carbonyl (C=O) groups excluding carboxylic acids is 2. The number of aliphatic carboxylic acids is 1. The van der Waals surface area contributed by atoms with E-state index in [0.29, 0.717) is 28.9 Å². The molecule has 1 aliphatic rings. The molecular formula is C15H16N4O4. The van der Waals surface area contributed by atoms with Gasteiger partial charge >= 0.3 is 5.97 Å². The maximum atomic E-state index is 11.9. The second-order valence-corrected chi connectivity index (χ2v) is 5.69. The molecule has 4 N–H and O–H groups in total. The number of carbonyl (C=O) groups is 3. The fourth-order valence-corrected chi connectivity index (χ4v) is 2.48. The highest BCUT2D eigenvalue weighted by Crippen LogP contribution is 2.32. The van der Waals surface area contributed by atoms with E-state index in [4.69, 9.17) is 10.8 Å². The molecule has 1 aliphatic carbocycles. The summed E-state index contributed by atoms with van der Waals surface area (Å²) in [6, 6.07) is 4.86. The number of hydrogen-bond donors (Lipinski definition) is 3. The van der Waals surface area contributed by atoms with E-state index in [-0.39, 0.29) is 18.1 Å². The smallest absolute Gasteiger partial charge is 0.325 e. The Balaban J connectivity index is 1.93. The van der Waals surface area contributed by atoms with Gasteiger partial charge in [0.05, 0.1) is 5.52 Å². The highest BCUT2D eigenvalue weighted by molar-refractivity contribution is 6.06. The van der Waals surface area contributed by atoms with Crippen LogP contribution in [0.2, 0.25) is 0 Å². The van der Waals surface area contributed by atoms with E-state index >= 15 is 0 Å². The monoisotopic (exact) mass is 316 g/mol. The number of carboxylic acid groups (broad SMARTS) is 1. The summed E-state index contributed by atoms with van der Waals surface area (Å²) in [4.78, 5) is 34.3. The molecule has 2 amide bonds. The lowest BCUT2D eigenvalue weighted by atomic mass is 10.1. The van der Waals surface area contributed by atoms with Gasteiger partial charge in [0.25, 0.3) is 5.91 Å². The molecule has 8 nitrogen and oxygen atoms in total. The molecule has 0 spiro atoms. The fourth-order valence-electron chi connectivity index (χ4n) is 2.48. The molecule has 120 valence electrons. The van der Waals surface area contributed by atoms with Crippen LogP contribution in [0, 0.1) is 5.92 Å². The number of rotatable bonds is 6. The number of anilines is 1. The first-order valence-electron chi connectivity index (χ1n) is 7.26. The largest absolute Gasteiger partial charge is 0.480 e. The van der Waals surface area contributed by atoms with Crippen molar-refractivity contribution in [1.82, 2.24) is 9.78 Å². The summed E-state index contributed by atoms with van der Waals surface area (Å²) in [5.74, 6) is -1.43. The average molecular weight is 316 g/mol. The van der Waals surface area contributed by atoms with Gasteiger partial charge in [0, 0.05) is 17.5 Å². The molecule has 0 saturated heterocycles. The fraction of sp³-hybridized carbons (Fsp3) is 0.333. The second-order valence-electron chi connectivity index (χ2n) is 5.69. The number of nitrogens with one attached hydrogen (secondary N) is 1. The van der Waals surface area contributed by atoms with E-state index < -0.39 is 11.9 Å². The molecule has 0 radical (unpaired) electrons. The van der Waals surface area contributed by atoms with Crippen molar-refractivity contribution in [3.63, 3.8) is 0 Å². The van der Waals surface area contributed by atoms with E-state index in [1.54, 1.807) is 18.2 Å². The highest BCUT2D eigenvalue weighted by atomic mass is 16.4. The van der Waals surface area contributed by atoms with Crippen molar-refractivity contribution in [2.45, 2.75) is 25.8 Å². The van der Waals surface area contributed by atoms with Crippen molar-refractivity contribution in [1.29, 1.82) is 0 Å². The summed E-state index contributed by atoms with van der Waals surface area (Å²) >= 11 is 0. The van der Waals surface area contributed by atoms with Gasteiger partial charge < -0.3 is 16.2 Å². The molecule has 0 unspecified atom stereocenters. The molecule has 1 fully saturated rings. The summed E-state index contributed by atoms with van der Waals surface area (Å²) in [6.45, 7) is -0.378. The predicted molar refractivity (Wildman–Crippen MR) is 81.9 cm³/mol. The van der Waals surface area contributed by atoms with Crippen molar-refractivity contribution in [2.75, 3.05) is 5.32 Å². The SMILES string of the molecule is NC(=O)c1nn(CC(=O)O)c2ccc(NC(=O)CC3CC3)cc12. The predicted octanol–water partition coefficient (Wildman–Crippen LogP) is 0.958. The molecule has 0 bridgehead atoms. The minimum Gasteiger partial charge on any atom is -0.480 e. The van der Waals surface area contributed by atoms with Crippen LogP contribution in [0.1, 0.15) is 29.8 Å². The molecule has 1 heterocycles. The zero-order valence-corrected chi connectivity index (χ0v) is 12.3. The van der Waals surface area contributed by atoms with Crippen LogP contribution in [0.5, 0.6) is 0 Å². The lowest BCUT2D eigenvalue weighted by Crippen LogP contribution is -2.14. The van der Waals surface area contributed by atoms with Gasteiger partial charge in [0.2, 0.25) is 5.91 Å². The highest BCUT2D eigenvalue weighted by Gasteiger charge is 2.24. The Bertz CT molecular complexity index is 807. The summed E-state index contributed by atoms with van der Waals surface area (Å²) < 4.78 is 1.20. The van der Waals surface area contributed by atoms with Gasteiger partial charge in [0.15, 0.2) is 5.69 Å². The molecule has 0 aliphatic heterocycles. The van der Waals surface area contributed by atoms with Gasteiger partial charge in [-0.15, -0.1) is 0 Å². The molecule has 1 aromatic carbocycles. The standard InChI is InChI=1S/C15H16N4O4/c16-15(23)14-10-6-9(17-12(20)5-8-1-2-8)3-4-11(10)19(18-14)7-13(21)22/h3-4,6,8H,1-2,5,7H2,(H2,16,23)(H,17,20)(H,21,22). The lowest BCUT2D eigenvalue weighted by Gasteiger charge is -2.05. The Morgan fingerprint density at radius 2 is 2.09 bits per heavy atom. The number of hydrogen-bond acceptors (Lipinski definition) is 4. The molecule has 1 aromatic heterocycles. The van der Waals surface area contributed by atoms with Gasteiger partial charge in [-0.25, -0.2) is 0 Å². The first-order valence-corrected chi connectivity index (χ1v) is 7.26. The Labute approximate surface area is 131 Å². The van der Waals surface area contributed by atoms with Crippen LogP contribution in [0.4, 0.5) is 5.69 Å². The van der Waals surface area contributed by atoms with Crippen LogP contribution >= 0.6 is 0 Å². The van der Waals surface area contributed by atoms with Gasteiger partial charge in [-0.2, -0.15) is 5.10 Å². The maximum Gasteiger partial charge on any atom is 0.325 e. The van der Waals surface area contributed by atoms with Gasteiger partial charge in [-0.05, 0) is 37.0 Å². The molecule has 8 heteroatoms. The number of nitrogens with two attached hydrogens (primary N) is 1. The third kappa shape index (κ3) is 3.31. The van der Waals surface area contributed by atoms with E-state index in [1.165, 1.54) is 4.68 Å². The minimum absolute atomic E-state index is 0.0143. The molecule has 2 aromatic rings. The third-order valence-electron chi connectivity index (χ3n) is 3.72. The number of carboxylic acids is 1. The molecule has 3 rings (SSSR count). The van der Waals surface area contributed by atoms with Crippen molar-refractivity contribution in [3.05, 3.63) is 23.9 Å². The quantitative estimate of drug-likeness (QED) is 0.731. The average Bonchev–Trinajstić information content (AvgIpc) is 3.19. The van der Waals surface area contributed by atoms with Crippen molar-refractivity contribution >= 4 is 34.4 Å². The minimum atomic E-state index is -1.08. The molecule has 23 heavy (non-hydrogen) atoms. The molecule has 1 saturated carbocycles. The van der Waals surface area contributed by atoms with Crippen LogP contribution in [-0.4, -0.2) is 32.7 Å². The number of amides is 2. The maximum absolute atomic E-state index is 11.9. The second kappa shape index (κ2) is 5.71. The van der Waals surface area contributed by atoms with Gasteiger partial charge in [-0.1, -0.05) is 0 Å². The number of aromatic nitrogens is 2. The molecule has 0 atom stereocenters. The van der Waals surface area contributed by atoms with E-state index in [9.17, 15) is 14.4 Å². The Hall–Kier alpha value is -2.90. The number of benzene rings is 1. The zero-order valence-electron chi connectivity index (χ0n) is 12.3. The number of primary amides is 1. The van der Waals surface area contributed by atoms with Crippen LogP contribution in [0.25, 0.3) is 10.9 Å². The number of fused-ring (bicyclic) bond motifs is 1. The van der Waals surface area contributed by atoms with Gasteiger partial charge in [0.1, 0.15) is 6.54 Å². The topological polar surface area (TPSA) is 127 Å². The summed E-state index contributed by atoms with van der Waals surface area (Å²) in [5.41, 5.74) is 6.29. The molecular weight excluding hydrogens is 300 g/mol. The van der Waals surface area contributed by atoms with Crippen LogP contribution in [0.3, 0.4) is 0 Å². The van der Waals surface area contributed by atoms with E-state index in [2.05, 4.69) is 10.4 Å². The van der Waals surface area contributed by atoms with Crippen molar-refractivity contribution in [3.8, 4) is 0 Å². The Morgan fingerprint density at radius 1 is 1.35 bits per heavy atom. The normalized spacial score (nSPS) is 13.9.